The Morgan fingerprint density at radius 2 is 1.28 bits per heavy atom. The zero-order valence-electron chi connectivity index (χ0n) is 20.9. The van der Waals surface area contributed by atoms with Gasteiger partial charge in [0, 0.05) is 6.07 Å². The third-order valence-corrected chi connectivity index (χ3v) is 6.51. The smallest absolute Gasteiger partial charge is 0.426 e. The summed E-state index contributed by atoms with van der Waals surface area (Å²) < 4.78 is 118. The maximum absolute atomic E-state index is 14.8. The van der Waals surface area contributed by atoms with Crippen LogP contribution in [-0.4, -0.2) is 0 Å². The molecule has 0 radical (unpaired) electrons. The molecule has 9 heteroatoms. The van der Waals surface area contributed by atoms with Gasteiger partial charge in [0.2, 0.25) is 0 Å². The normalized spacial score (nSPS) is 11.8. The van der Waals surface area contributed by atoms with Gasteiger partial charge in [0.25, 0.3) is 0 Å². The van der Waals surface area contributed by atoms with Gasteiger partial charge in [-0.05, 0) is 72.0 Å². The molecule has 4 aromatic carbocycles. The van der Waals surface area contributed by atoms with Gasteiger partial charge in [0.05, 0.1) is 10.9 Å². The molecule has 4 aromatic rings. The van der Waals surface area contributed by atoms with Crippen molar-refractivity contribution in [1.29, 1.82) is 0 Å². The van der Waals surface area contributed by atoms with E-state index in [1.807, 2.05) is 6.92 Å². The Balaban J connectivity index is 1.45. The summed E-state index contributed by atoms with van der Waals surface area (Å²) in [6.45, 7) is 2.02. The van der Waals surface area contributed by atoms with Gasteiger partial charge in [0.15, 0.2) is 29.1 Å². The first-order valence-corrected chi connectivity index (χ1v) is 12.4. The van der Waals surface area contributed by atoms with Gasteiger partial charge in [-0.1, -0.05) is 44.0 Å². The fourth-order valence-corrected chi connectivity index (χ4v) is 4.35. The summed E-state index contributed by atoms with van der Waals surface area (Å²) in [7, 11) is 0. The van der Waals surface area contributed by atoms with Crippen LogP contribution in [0, 0.1) is 34.9 Å². The number of alkyl halides is 2. The Kier molecular flexibility index (Phi) is 8.47. The molecule has 39 heavy (non-hydrogen) atoms. The highest BCUT2D eigenvalue weighted by molar-refractivity contribution is 5.85. The predicted octanol–water partition coefficient (Wildman–Crippen LogP) is 9.32. The van der Waals surface area contributed by atoms with Crippen molar-refractivity contribution in [3.63, 3.8) is 0 Å². The van der Waals surface area contributed by atoms with Crippen molar-refractivity contribution >= 4 is 10.8 Å². The van der Waals surface area contributed by atoms with E-state index in [1.54, 1.807) is 6.07 Å². The monoisotopic (exact) mass is 552 g/mol. The summed E-state index contributed by atoms with van der Waals surface area (Å²) >= 11 is 0. The van der Waals surface area contributed by atoms with Crippen LogP contribution in [0.4, 0.5) is 35.1 Å². The van der Waals surface area contributed by atoms with Crippen LogP contribution in [0.2, 0.25) is 0 Å². The van der Waals surface area contributed by atoms with Crippen molar-refractivity contribution in [2.24, 2.45) is 0 Å². The van der Waals surface area contributed by atoms with Crippen LogP contribution >= 0.6 is 0 Å². The number of hydrogen-bond acceptors (Lipinski definition) is 1. The zero-order valence-corrected chi connectivity index (χ0v) is 20.9. The van der Waals surface area contributed by atoms with Crippen LogP contribution in [0.25, 0.3) is 10.8 Å². The minimum absolute atomic E-state index is 0.147. The average molecular weight is 553 g/mol. The van der Waals surface area contributed by atoms with Gasteiger partial charge in [-0.15, -0.1) is 0 Å². The van der Waals surface area contributed by atoms with Crippen LogP contribution in [0.1, 0.15) is 48.4 Å². The van der Waals surface area contributed by atoms with Gasteiger partial charge in [-0.25, -0.2) is 26.3 Å². The Hall–Kier alpha value is -3.62. The summed E-state index contributed by atoms with van der Waals surface area (Å²) in [5, 5.41) is -1.39. The molecule has 0 fully saturated rings. The van der Waals surface area contributed by atoms with Crippen molar-refractivity contribution in [3.05, 3.63) is 112 Å². The standard InChI is InChI=1S/C30H24F8O/c1-2-3-4-5-18-10-11-19(27(34)26(18)33)9-6-17-7-12-21(13-8-17)30(37,38)39-22-14-20-15-24(32)28(35)29(36)25(20)23(31)16-22/h7-8,10-16H,2-6,9H2,1H3. The molecule has 1 nitrogen and oxygen atoms in total. The van der Waals surface area contributed by atoms with Gasteiger partial charge < -0.3 is 4.74 Å². The lowest BCUT2D eigenvalue weighted by Gasteiger charge is -2.19. The van der Waals surface area contributed by atoms with E-state index in [0.717, 1.165) is 37.5 Å². The molecular formula is C30H24F8O. The second-order valence-electron chi connectivity index (χ2n) is 9.27. The van der Waals surface area contributed by atoms with Crippen molar-refractivity contribution in [3.8, 4) is 5.75 Å². The van der Waals surface area contributed by atoms with E-state index in [0.29, 0.717) is 29.7 Å². The quantitative estimate of drug-likeness (QED) is 0.108. The Morgan fingerprint density at radius 1 is 0.641 bits per heavy atom. The molecular weight excluding hydrogens is 528 g/mol. The minimum atomic E-state index is -3.96. The Bertz CT molecular complexity index is 1480. The topological polar surface area (TPSA) is 9.23 Å². The number of hydrogen-bond donors (Lipinski definition) is 0. The highest BCUT2D eigenvalue weighted by atomic mass is 19.3. The molecule has 0 atom stereocenters. The van der Waals surface area contributed by atoms with E-state index >= 15 is 0 Å². The van der Waals surface area contributed by atoms with Crippen molar-refractivity contribution in [2.45, 2.75) is 51.6 Å². The maximum atomic E-state index is 14.8. The molecule has 0 unspecified atom stereocenters. The third-order valence-electron chi connectivity index (χ3n) is 6.51. The van der Waals surface area contributed by atoms with Crippen LogP contribution in [-0.2, 0) is 25.4 Å². The summed E-state index contributed by atoms with van der Waals surface area (Å²) in [5.74, 6) is -9.17. The number of rotatable bonds is 10. The van der Waals surface area contributed by atoms with Crippen molar-refractivity contribution < 1.29 is 39.9 Å². The molecule has 0 aliphatic rings. The van der Waals surface area contributed by atoms with Gasteiger partial charge in [-0.2, -0.15) is 8.78 Å². The zero-order chi connectivity index (χ0) is 28.3. The molecule has 0 N–H and O–H groups in total. The number of halogens is 8. The fraction of sp³-hybridized carbons (Fsp3) is 0.267. The average Bonchev–Trinajstić information content (AvgIpc) is 2.89. The van der Waals surface area contributed by atoms with Gasteiger partial charge in [0.1, 0.15) is 11.6 Å². The number of benzene rings is 4. The van der Waals surface area contributed by atoms with E-state index in [-0.39, 0.29) is 18.4 Å². The van der Waals surface area contributed by atoms with E-state index < -0.39 is 63.1 Å². The first kappa shape index (κ1) is 28.4. The molecule has 0 bridgehead atoms. The molecule has 0 heterocycles. The molecule has 0 amide bonds. The van der Waals surface area contributed by atoms with E-state index in [1.165, 1.54) is 18.2 Å². The third kappa shape index (κ3) is 6.18. The lowest BCUT2D eigenvalue weighted by molar-refractivity contribution is -0.185. The molecule has 0 aliphatic carbocycles. The molecule has 0 saturated carbocycles. The molecule has 0 saturated heterocycles. The summed E-state index contributed by atoms with van der Waals surface area (Å²) in [6, 6.07) is 9.67. The lowest BCUT2D eigenvalue weighted by atomic mass is 9.99. The van der Waals surface area contributed by atoms with Crippen molar-refractivity contribution in [2.75, 3.05) is 0 Å². The van der Waals surface area contributed by atoms with Gasteiger partial charge in [-0.3, -0.25) is 0 Å². The van der Waals surface area contributed by atoms with Crippen LogP contribution < -0.4 is 4.74 Å². The largest absolute Gasteiger partial charge is 0.429 e. The fourth-order valence-electron chi connectivity index (χ4n) is 4.35. The summed E-state index contributed by atoms with van der Waals surface area (Å²) in [6.07, 6.45) is -0.462. The molecule has 0 spiro atoms. The maximum Gasteiger partial charge on any atom is 0.426 e. The van der Waals surface area contributed by atoms with Crippen LogP contribution in [0.15, 0.2) is 54.6 Å². The first-order valence-electron chi connectivity index (χ1n) is 12.4. The second-order valence-corrected chi connectivity index (χ2v) is 9.27. The summed E-state index contributed by atoms with van der Waals surface area (Å²) in [4.78, 5) is 0. The Morgan fingerprint density at radius 3 is 1.92 bits per heavy atom. The number of fused-ring (bicyclic) bond motifs is 1. The number of ether oxygens (including phenoxy) is 1. The highest BCUT2D eigenvalue weighted by Gasteiger charge is 2.35. The van der Waals surface area contributed by atoms with Crippen LogP contribution in [0.3, 0.4) is 0 Å². The molecule has 0 aromatic heterocycles. The van der Waals surface area contributed by atoms with E-state index in [2.05, 4.69) is 4.74 Å². The molecule has 0 aliphatic heterocycles. The Labute approximate surface area is 220 Å². The van der Waals surface area contributed by atoms with Gasteiger partial charge >= 0.3 is 6.11 Å². The summed E-state index contributed by atoms with van der Waals surface area (Å²) in [5.41, 5.74) is 0.476. The molecule has 4 rings (SSSR count). The van der Waals surface area contributed by atoms with E-state index in [4.69, 9.17) is 0 Å². The first-order chi connectivity index (χ1) is 18.5. The van der Waals surface area contributed by atoms with E-state index in [9.17, 15) is 35.1 Å². The second kappa shape index (κ2) is 11.6. The molecule has 206 valence electrons. The highest BCUT2D eigenvalue weighted by Crippen LogP contribution is 2.35. The lowest BCUT2D eigenvalue weighted by Crippen LogP contribution is -2.22. The number of unbranched alkanes of at least 4 members (excludes halogenated alkanes) is 2. The van der Waals surface area contributed by atoms with Crippen LogP contribution in [0.5, 0.6) is 5.75 Å². The number of aryl methyl sites for hydroxylation is 3. The predicted molar refractivity (Wildman–Crippen MR) is 132 cm³/mol. The van der Waals surface area contributed by atoms with Crippen molar-refractivity contribution in [1.82, 2.24) is 0 Å². The SMILES string of the molecule is CCCCCc1ccc(CCc2ccc(C(F)(F)Oc3cc(F)c4c(F)c(F)c(F)cc4c3)cc2)c(F)c1F. The minimum Gasteiger partial charge on any atom is -0.429 e.